The summed E-state index contributed by atoms with van der Waals surface area (Å²) in [4.78, 5) is 22.8. The first-order valence-corrected chi connectivity index (χ1v) is 7.25. The van der Waals surface area contributed by atoms with E-state index in [1.54, 1.807) is 6.07 Å². The van der Waals surface area contributed by atoms with Crippen molar-refractivity contribution in [1.82, 2.24) is 5.32 Å². The predicted octanol–water partition coefficient (Wildman–Crippen LogP) is 2.96. The third-order valence-corrected chi connectivity index (χ3v) is 4.08. The van der Waals surface area contributed by atoms with Gasteiger partial charge in [-0.25, -0.2) is 4.39 Å². The molecule has 2 N–H and O–H groups in total. The lowest BCUT2D eigenvalue weighted by atomic mass is 9.86. The molecule has 1 aromatic rings. The van der Waals surface area contributed by atoms with E-state index in [2.05, 4.69) is 21.2 Å². The van der Waals surface area contributed by atoms with Crippen molar-refractivity contribution in [2.75, 3.05) is 0 Å². The fourth-order valence-corrected chi connectivity index (χ4v) is 2.75. The minimum Gasteiger partial charge on any atom is -0.481 e. The number of nitrogens with one attached hydrogen (secondary N) is 1. The van der Waals surface area contributed by atoms with E-state index in [1.165, 1.54) is 12.1 Å². The molecule has 0 heterocycles. The Morgan fingerprint density at radius 2 is 1.90 bits per heavy atom. The summed E-state index contributed by atoms with van der Waals surface area (Å²) in [6.45, 7) is 0. The van der Waals surface area contributed by atoms with Crippen LogP contribution in [0.4, 0.5) is 4.39 Å². The summed E-state index contributed by atoms with van der Waals surface area (Å²) < 4.78 is 14.2. The highest BCUT2D eigenvalue weighted by molar-refractivity contribution is 9.10. The summed E-state index contributed by atoms with van der Waals surface area (Å²) in [5.74, 6) is -2.13. The number of amides is 1. The van der Waals surface area contributed by atoms with Gasteiger partial charge in [-0.3, -0.25) is 9.59 Å². The van der Waals surface area contributed by atoms with Gasteiger partial charge in [-0.2, -0.15) is 0 Å². The highest BCUT2D eigenvalue weighted by Gasteiger charge is 2.27. The van der Waals surface area contributed by atoms with Crippen molar-refractivity contribution >= 4 is 27.8 Å². The Morgan fingerprint density at radius 3 is 2.45 bits per heavy atom. The molecule has 0 spiro atoms. The molecule has 1 amide bonds. The molecular formula is C14H15BrFNO3. The van der Waals surface area contributed by atoms with E-state index in [-0.39, 0.29) is 17.5 Å². The van der Waals surface area contributed by atoms with E-state index >= 15 is 0 Å². The molecule has 20 heavy (non-hydrogen) atoms. The van der Waals surface area contributed by atoms with Gasteiger partial charge in [0.05, 0.1) is 11.5 Å². The van der Waals surface area contributed by atoms with Crippen LogP contribution in [0.5, 0.6) is 0 Å². The maximum absolute atomic E-state index is 13.7. The molecule has 0 radical (unpaired) electrons. The van der Waals surface area contributed by atoms with Gasteiger partial charge in [-0.1, -0.05) is 15.9 Å². The number of hydrogen-bond acceptors (Lipinski definition) is 2. The Kier molecular flexibility index (Phi) is 4.75. The minimum atomic E-state index is -0.784. The molecule has 0 saturated heterocycles. The van der Waals surface area contributed by atoms with Gasteiger partial charge in [0.1, 0.15) is 5.82 Å². The molecule has 2 rings (SSSR count). The van der Waals surface area contributed by atoms with Gasteiger partial charge in [-0.15, -0.1) is 0 Å². The number of carboxylic acid groups (broad SMARTS) is 1. The average Bonchev–Trinajstić information content (AvgIpc) is 2.39. The highest BCUT2D eigenvalue weighted by Crippen LogP contribution is 2.25. The number of rotatable bonds is 3. The summed E-state index contributed by atoms with van der Waals surface area (Å²) in [6, 6.07) is 4.20. The number of carbonyl (C=O) groups excluding carboxylic acids is 1. The number of benzene rings is 1. The lowest BCUT2D eigenvalue weighted by molar-refractivity contribution is -0.142. The molecular weight excluding hydrogens is 329 g/mol. The van der Waals surface area contributed by atoms with Crippen molar-refractivity contribution in [3.05, 3.63) is 34.1 Å². The van der Waals surface area contributed by atoms with Crippen molar-refractivity contribution in [2.45, 2.75) is 31.7 Å². The second kappa shape index (κ2) is 6.35. The van der Waals surface area contributed by atoms with E-state index in [4.69, 9.17) is 5.11 Å². The van der Waals surface area contributed by atoms with Crippen LogP contribution in [0.3, 0.4) is 0 Å². The Morgan fingerprint density at radius 1 is 1.25 bits per heavy atom. The Labute approximate surface area is 124 Å². The summed E-state index contributed by atoms with van der Waals surface area (Å²) >= 11 is 3.14. The van der Waals surface area contributed by atoms with Crippen LogP contribution in [0.1, 0.15) is 36.0 Å². The zero-order chi connectivity index (χ0) is 14.7. The molecule has 1 aromatic carbocycles. The van der Waals surface area contributed by atoms with Crippen molar-refractivity contribution in [1.29, 1.82) is 0 Å². The van der Waals surface area contributed by atoms with Gasteiger partial charge in [0.15, 0.2) is 0 Å². The van der Waals surface area contributed by atoms with Crippen LogP contribution in [-0.2, 0) is 4.79 Å². The lowest BCUT2D eigenvalue weighted by Crippen LogP contribution is -2.39. The fraction of sp³-hybridized carbons (Fsp3) is 0.429. The number of aliphatic carboxylic acids is 1. The Hall–Kier alpha value is -1.43. The molecule has 0 aliphatic heterocycles. The van der Waals surface area contributed by atoms with Crippen LogP contribution >= 0.6 is 15.9 Å². The molecule has 0 atom stereocenters. The molecule has 108 valence electrons. The first-order valence-electron chi connectivity index (χ1n) is 6.46. The van der Waals surface area contributed by atoms with Crippen LogP contribution in [0.2, 0.25) is 0 Å². The van der Waals surface area contributed by atoms with Crippen molar-refractivity contribution in [3.8, 4) is 0 Å². The summed E-state index contributed by atoms with van der Waals surface area (Å²) in [5, 5.41) is 11.7. The normalized spacial score (nSPS) is 22.3. The zero-order valence-electron chi connectivity index (χ0n) is 10.7. The van der Waals surface area contributed by atoms with Gasteiger partial charge in [0.2, 0.25) is 0 Å². The van der Waals surface area contributed by atoms with E-state index < -0.39 is 17.7 Å². The minimum absolute atomic E-state index is 0.00792. The quantitative estimate of drug-likeness (QED) is 0.886. The second-order valence-electron chi connectivity index (χ2n) is 4.98. The van der Waals surface area contributed by atoms with Gasteiger partial charge in [0, 0.05) is 10.5 Å². The second-order valence-corrected chi connectivity index (χ2v) is 5.90. The van der Waals surface area contributed by atoms with Gasteiger partial charge >= 0.3 is 5.97 Å². The standard InChI is InChI=1S/C14H15BrFNO3/c15-9-3-6-11(12(16)7-9)13(18)17-10-4-1-8(2-5-10)14(19)20/h3,6-8,10H,1-2,4-5H2,(H,17,18)(H,19,20). The first-order chi connectivity index (χ1) is 9.47. The maximum atomic E-state index is 13.7. The van der Waals surface area contributed by atoms with Gasteiger partial charge < -0.3 is 10.4 Å². The maximum Gasteiger partial charge on any atom is 0.306 e. The van der Waals surface area contributed by atoms with Crippen molar-refractivity contribution < 1.29 is 19.1 Å². The molecule has 4 nitrogen and oxygen atoms in total. The van der Waals surface area contributed by atoms with Crippen molar-refractivity contribution in [2.24, 2.45) is 5.92 Å². The zero-order valence-corrected chi connectivity index (χ0v) is 12.3. The van der Waals surface area contributed by atoms with E-state index in [0.717, 1.165) is 0 Å². The summed E-state index contributed by atoms with van der Waals surface area (Å²) in [7, 11) is 0. The summed E-state index contributed by atoms with van der Waals surface area (Å²) in [6.07, 6.45) is 2.31. The molecule has 1 fully saturated rings. The largest absolute Gasteiger partial charge is 0.481 e. The van der Waals surface area contributed by atoms with Crippen molar-refractivity contribution in [3.63, 3.8) is 0 Å². The average molecular weight is 344 g/mol. The first kappa shape index (κ1) is 15.0. The Bertz CT molecular complexity index is 527. The number of halogens is 2. The lowest BCUT2D eigenvalue weighted by Gasteiger charge is -2.26. The van der Waals surface area contributed by atoms with E-state index in [0.29, 0.717) is 30.2 Å². The van der Waals surface area contributed by atoms with Gasteiger partial charge in [-0.05, 0) is 43.9 Å². The molecule has 1 saturated carbocycles. The number of hydrogen-bond donors (Lipinski definition) is 2. The molecule has 6 heteroatoms. The third-order valence-electron chi connectivity index (χ3n) is 3.59. The van der Waals surface area contributed by atoms with Crippen LogP contribution in [-0.4, -0.2) is 23.0 Å². The van der Waals surface area contributed by atoms with E-state index in [9.17, 15) is 14.0 Å². The predicted molar refractivity (Wildman–Crippen MR) is 74.9 cm³/mol. The van der Waals surface area contributed by atoms with Crippen LogP contribution in [0.15, 0.2) is 22.7 Å². The smallest absolute Gasteiger partial charge is 0.306 e. The van der Waals surface area contributed by atoms with E-state index in [1.807, 2.05) is 0 Å². The molecule has 0 unspecified atom stereocenters. The fourth-order valence-electron chi connectivity index (χ4n) is 2.42. The molecule has 1 aliphatic rings. The molecule has 0 aromatic heterocycles. The third kappa shape index (κ3) is 3.56. The highest BCUT2D eigenvalue weighted by atomic mass is 79.9. The van der Waals surface area contributed by atoms with Crippen LogP contribution in [0.25, 0.3) is 0 Å². The molecule has 1 aliphatic carbocycles. The number of carboxylic acids is 1. The van der Waals surface area contributed by atoms with Gasteiger partial charge in [0.25, 0.3) is 5.91 Å². The topological polar surface area (TPSA) is 66.4 Å². The summed E-state index contributed by atoms with van der Waals surface area (Å²) in [5.41, 5.74) is 0.00792. The monoisotopic (exact) mass is 343 g/mol. The molecule has 0 bridgehead atoms. The SMILES string of the molecule is O=C(NC1CCC(C(=O)O)CC1)c1ccc(Br)cc1F. The van der Waals surface area contributed by atoms with Crippen LogP contribution < -0.4 is 5.32 Å². The number of carbonyl (C=O) groups is 2. The Balaban J connectivity index is 1.94. The van der Waals surface area contributed by atoms with Crippen LogP contribution in [0, 0.1) is 11.7 Å².